The van der Waals surface area contributed by atoms with E-state index in [2.05, 4.69) is 26.6 Å². The fraction of sp³-hybridized carbons (Fsp3) is 0.562. The lowest BCUT2D eigenvalue weighted by Crippen LogP contribution is -2.37. The van der Waals surface area contributed by atoms with Gasteiger partial charge in [0, 0.05) is 28.2 Å². The first-order valence-corrected chi connectivity index (χ1v) is 8.15. The van der Waals surface area contributed by atoms with E-state index in [1.807, 2.05) is 27.7 Å². The standard InChI is InChI=1S/C16H22BrFN2O2/c1-9(11-7-10(17)5-6-12(11)18)19-13-8-14(13)20-15(21)22-16(2,3)4/h5-7,9,13-14,19H,8H2,1-4H3,(H,20,21). The Morgan fingerprint density at radius 1 is 1.41 bits per heavy atom. The maximum atomic E-state index is 13.8. The quantitative estimate of drug-likeness (QED) is 0.842. The van der Waals surface area contributed by atoms with Crippen LogP contribution in [0.25, 0.3) is 0 Å². The third-order valence-electron chi connectivity index (χ3n) is 3.38. The van der Waals surface area contributed by atoms with Crippen LogP contribution in [0.4, 0.5) is 9.18 Å². The molecule has 0 saturated heterocycles. The summed E-state index contributed by atoms with van der Waals surface area (Å²) in [6.45, 7) is 7.39. The molecule has 1 aromatic rings. The van der Waals surface area contributed by atoms with Gasteiger partial charge in [-0.25, -0.2) is 9.18 Å². The highest BCUT2D eigenvalue weighted by molar-refractivity contribution is 9.10. The van der Waals surface area contributed by atoms with Crippen molar-refractivity contribution in [3.63, 3.8) is 0 Å². The first-order valence-electron chi connectivity index (χ1n) is 7.36. The Morgan fingerprint density at radius 2 is 2.09 bits per heavy atom. The predicted octanol–water partition coefficient (Wildman–Crippen LogP) is 3.90. The van der Waals surface area contributed by atoms with Gasteiger partial charge < -0.3 is 15.4 Å². The van der Waals surface area contributed by atoms with Gasteiger partial charge in [-0.05, 0) is 52.3 Å². The number of halogens is 2. The highest BCUT2D eigenvalue weighted by atomic mass is 79.9. The van der Waals surface area contributed by atoms with E-state index in [1.165, 1.54) is 6.07 Å². The third-order valence-corrected chi connectivity index (χ3v) is 3.87. The van der Waals surface area contributed by atoms with E-state index in [4.69, 9.17) is 4.74 Å². The van der Waals surface area contributed by atoms with Gasteiger partial charge in [0.1, 0.15) is 11.4 Å². The minimum Gasteiger partial charge on any atom is -0.444 e. The summed E-state index contributed by atoms with van der Waals surface area (Å²) in [5.41, 5.74) is 0.103. The second-order valence-electron chi connectivity index (χ2n) is 6.65. The molecule has 1 amide bonds. The van der Waals surface area contributed by atoms with Crippen molar-refractivity contribution >= 4 is 22.0 Å². The molecule has 2 N–H and O–H groups in total. The number of carbonyl (C=O) groups excluding carboxylic acids is 1. The van der Waals surface area contributed by atoms with E-state index >= 15 is 0 Å². The summed E-state index contributed by atoms with van der Waals surface area (Å²) in [7, 11) is 0. The van der Waals surface area contributed by atoms with Crippen LogP contribution in [0.3, 0.4) is 0 Å². The summed E-state index contributed by atoms with van der Waals surface area (Å²) in [5, 5.41) is 6.14. The zero-order valence-corrected chi connectivity index (χ0v) is 14.8. The van der Waals surface area contributed by atoms with Crippen LogP contribution >= 0.6 is 15.9 Å². The van der Waals surface area contributed by atoms with Crippen LogP contribution in [-0.2, 0) is 4.74 Å². The fourth-order valence-electron chi connectivity index (χ4n) is 2.25. The molecule has 122 valence electrons. The van der Waals surface area contributed by atoms with E-state index in [0.29, 0.717) is 5.56 Å². The van der Waals surface area contributed by atoms with Crippen LogP contribution in [0.5, 0.6) is 0 Å². The second-order valence-corrected chi connectivity index (χ2v) is 7.56. The zero-order chi connectivity index (χ0) is 16.5. The molecule has 22 heavy (non-hydrogen) atoms. The molecule has 1 aliphatic rings. The van der Waals surface area contributed by atoms with Gasteiger partial charge in [0.25, 0.3) is 0 Å². The Labute approximate surface area is 138 Å². The molecule has 0 bridgehead atoms. The first-order chi connectivity index (χ1) is 10.2. The van der Waals surface area contributed by atoms with Gasteiger partial charge in [0.05, 0.1) is 0 Å². The Balaban J connectivity index is 1.84. The molecular formula is C16H22BrFN2O2. The van der Waals surface area contributed by atoms with Crippen molar-refractivity contribution in [2.45, 2.75) is 57.8 Å². The van der Waals surface area contributed by atoms with Crippen molar-refractivity contribution in [2.24, 2.45) is 0 Å². The van der Waals surface area contributed by atoms with Gasteiger partial charge in [-0.2, -0.15) is 0 Å². The van der Waals surface area contributed by atoms with E-state index in [1.54, 1.807) is 12.1 Å². The molecule has 1 saturated carbocycles. The van der Waals surface area contributed by atoms with E-state index < -0.39 is 11.7 Å². The van der Waals surface area contributed by atoms with Gasteiger partial charge in [0.2, 0.25) is 0 Å². The van der Waals surface area contributed by atoms with Crippen LogP contribution in [0.15, 0.2) is 22.7 Å². The summed E-state index contributed by atoms with van der Waals surface area (Å²) in [4.78, 5) is 11.7. The van der Waals surface area contributed by atoms with Crippen LogP contribution in [0, 0.1) is 5.82 Å². The molecule has 3 atom stereocenters. The molecule has 3 unspecified atom stereocenters. The maximum absolute atomic E-state index is 13.8. The van der Waals surface area contributed by atoms with E-state index in [0.717, 1.165) is 10.9 Å². The van der Waals surface area contributed by atoms with Crippen molar-refractivity contribution < 1.29 is 13.9 Å². The van der Waals surface area contributed by atoms with Gasteiger partial charge in [-0.15, -0.1) is 0 Å². The summed E-state index contributed by atoms with van der Waals surface area (Å²) in [6.07, 6.45) is 0.405. The fourth-order valence-corrected chi connectivity index (χ4v) is 2.63. The SMILES string of the molecule is CC(NC1CC1NC(=O)OC(C)(C)C)c1cc(Br)ccc1F. The van der Waals surface area contributed by atoms with Gasteiger partial charge in [0.15, 0.2) is 0 Å². The number of alkyl carbamates (subject to hydrolysis) is 1. The molecule has 0 aliphatic heterocycles. The molecule has 0 spiro atoms. The topological polar surface area (TPSA) is 50.4 Å². The largest absolute Gasteiger partial charge is 0.444 e. The Hall–Kier alpha value is -1.14. The Morgan fingerprint density at radius 3 is 2.73 bits per heavy atom. The lowest BCUT2D eigenvalue weighted by Gasteiger charge is -2.20. The highest BCUT2D eigenvalue weighted by Crippen LogP contribution is 2.28. The molecule has 1 aromatic carbocycles. The summed E-state index contributed by atoms with van der Waals surface area (Å²) < 4.78 is 19.9. The van der Waals surface area contributed by atoms with Crippen LogP contribution in [0.1, 0.15) is 45.7 Å². The Kier molecular flexibility index (Phi) is 5.12. The number of amides is 1. The highest BCUT2D eigenvalue weighted by Gasteiger charge is 2.40. The predicted molar refractivity (Wildman–Crippen MR) is 87.2 cm³/mol. The number of benzene rings is 1. The third kappa shape index (κ3) is 4.95. The van der Waals surface area contributed by atoms with Crippen molar-refractivity contribution in [1.82, 2.24) is 10.6 Å². The minimum absolute atomic E-state index is 0.0347. The molecule has 2 rings (SSSR count). The van der Waals surface area contributed by atoms with Gasteiger partial charge in [-0.1, -0.05) is 15.9 Å². The molecule has 1 fully saturated rings. The lowest BCUT2D eigenvalue weighted by molar-refractivity contribution is 0.0522. The monoisotopic (exact) mass is 372 g/mol. The smallest absolute Gasteiger partial charge is 0.407 e. The number of carbonyl (C=O) groups is 1. The number of hydrogen-bond acceptors (Lipinski definition) is 3. The van der Waals surface area contributed by atoms with Crippen LogP contribution in [0.2, 0.25) is 0 Å². The lowest BCUT2D eigenvalue weighted by atomic mass is 10.1. The molecule has 1 aliphatic carbocycles. The number of ether oxygens (including phenoxy) is 1. The first kappa shape index (κ1) is 17.2. The molecule has 0 radical (unpaired) electrons. The Bertz CT molecular complexity index is 560. The zero-order valence-electron chi connectivity index (χ0n) is 13.2. The van der Waals surface area contributed by atoms with Crippen molar-refractivity contribution in [3.8, 4) is 0 Å². The van der Waals surface area contributed by atoms with Crippen molar-refractivity contribution in [2.75, 3.05) is 0 Å². The maximum Gasteiger partial charge on any atom is 0.407 e. The molecule has 4 nitrogen and oxygen atoms in total. The van der Waals surface area contributed by atoms with Crippen LogP contribution < -0.4 is 10.6 Å². The molecule has 0 heterocycles. The summed E-state index contributed by atoms with van der Waals surface area (Å²) >= 11 is 3.35. The van der Waals surface area contributed by atoms with E-state index in [-0.39, 0.29) is 23.9 Å². The molecule has 0 aromatic heterocycles. The molecule has 6 heteroatoms. The number of nitrogens with one attached hydrogen (secondary N) is 2. The normalized spacial score (nSPS) is 22.1. The average molecular weight is 373 g/mol. The average Bonchev–Trinajstić information content (AvgIpc) is 3.07. The van der Waals surface area contributed by atoms with Gasteiger partial charge in [-0.3, -0.25) is 0 Å². The number of hydrogen-bond donors (Lipinski definition) is 2. The van der Waals surface area contributed by atoms with Crippen molar-refractivity contribution in [3.05, 3.63) is 34.1 Å². The second kappa shape index (κ2) is 6.54. The van der Waals surface area contributed by atoms with Crippen LogP contribution in [-0.4, -0.2) is 23.8 Å². The summed E-state index contributed by atoms with van der Waals surface area (Å²) in [5.74, 6) is -0.236. The van der Waals surface area contributed by atoms with E-state index in [9.17, 15) is 9.18 Å². The van der Waals surface area contributed by atoms with Gasteiger partial charge >= 0.3 is 6.09 Å². The minimum atomic E-state index is -0.505. The number of rotatable bonds is 4. The van der Waals surface area contributed by atoms with Crippen molar-refractivity contribution in [1.29, 1.82) is 0 Å². The molecular weight excluding hydrogens is 351 g/mol. The summed E-state index contributed by atoms with van der Waals surface area (Å²) in [6, 6.07) is 4.93.